The molecule has 2 aromatic carbocycles. The molecule has 0 aliphatic carbocycles. The first-order valence-electron chi connectivity index (χ1n) is 7.57. The molecule has 1 heterocycles. The number of nitrogens with one attached hydrogen (secondary N) is 1. The van der Waals surface area contributed by atoms with Crippen LogP contribution in [0.1, 0.15) is 17.0 Å². The van der Waals surface area contributed by atoms with Gasteiger partial charge >= 0.3 is 0 Å². The van der Waals surface area contributed by atoms with Crippen LogP contribution in [0.2, 0.25) is 0 Å². The van der Waals surface area contributed by atoms with Crippen molar-refractivity contribution in [1.29, 1.82) is 5.26 Å². The van der Waals surface area contributed by atoms with Crippen molar-refractivity contribution in [3.8, 4) is 17.5 Å². The van der Waals surface area contributed by atoms with Gasteiger partial charge in [-0.1, -0.05) is 22.0 Å². The largest absolute Gasteiger partial charge is 0.441 e. The van der Waals surface area contributed by atoms with Gasteiger partial charge < -0.3 is 9.73 Å². The zero-order valence-corrected chi connectivity index (χ0v) is 15.0. The maximum atomic E-state index is 12.2. The van der Waals surface area contributed by atoms with Gasteiger partial charge in [-0.3, -0.25) is 4.79 Å². The Morgan fingerprint density at radius 2 is 2.04 bits per heavy atom. The van der Waals surface area contributed by atoms with Gasteiger partial charge in [-0.2, -0.15) is 5.26 Å². The second kappa shape index (κ2) is 7.32. The van der Waals surface area contributed by atoms with Crippen LogP contribution < -0.4 is 5.32 Å². The van der Waals surface area contributed by atoms with E-state index >= 15 is 0 Å². The molecule has 0 spiro atoms. The molecule has 0 saturated heterocycles. The highest BCUT2D eigenvalue weighted by molar-refractivity contribution is 9.10. The molecule has 1 N–H and O–H groups in total. The number of amides is 1. The fourth-order valence-electron chi connectivity index (χ4n) is 2.32. The maximum Gasteiger partial charge on any atom is 0.230 e. The fraction of sp³-hybridized carbons (Fsp3) is 0.105. The molecular formula is C19H14BrN3O2. The minimum atomic E-state index is -0.193. The van der Waals surface area contributed by atoms with Gasteiger partial charge in [0.05, 0.1) is 23.7 Å². The summed E-state index contributed by atoms with van der Waals surface area (Å²) in [5.41, 5.74) is 2.62. The molecular weight excluding hydrogens is 382 g/mol. The Morgan fingerprint density at radius 3 is 2.72 bits per heavy atom. The highest BCUT2D eigenvalue weighted by Gasteiger charge is 2.15. The summed E-state index contributed by atoms with van der Waals surface area (Å²) in [5, 5.41) is 11.6. The first kappa shape index (κ1) is 16.9. The molecule has 1 amide bonds. The highest BCUT2D eigenvalue weighted by Crippen LogP contribution is 2.24. The van der Waals surface area contributed by atoms with Gasteiger partial charge in [0.1, 0.15) is 5.76 Å². The molecule has 0 aliphatic rings. The molecule has 124 valence electrons. The van der Waals surface area contributed by atoms with Gasteiger partial charge in [0.25, 0.3) is 0 Å². The molecule has 6 heteroatoms. The molecule has 5 nitrogen and oxygen atoms in total. The Kier molecular flexibility index (Phi) is 4.96. The van der Waals surface area contributed by atoms with Crippen molar-refractivity contribution in [3.05, 3.63) is 70.0 Å². The molecule has 0 fully saturated rings. The van der Waals surface area contributed by atoms with Gasteiger partial charge in [-0.05, 0) is 49.4 Å². The van der Waals surface area contributed by atoms with Crippen molar-refractivity contribution in [1.82, 2.24) is 4.98 Å². The highest BCUT2D eigenvalue weighted by atomic mass is 79.9. The van der Waals surface area contributed by atoms with E-state index in [2.05, 4.69) is 26.2 Å². The smallest absolute Gasteiger partial charge is 0.230 e. The summed E-state index contributed by atoms with van der Waals surface area (Å²) in [6.45, 7) is 1.79. The molecule has 0 radical (unpaired) electrons. The third kappa shape index (κ3) is 4.14. The zero-order valence-electron chi connectivity index (χ0n) is 13.4. The second-order valence-corrected chi connectivity index (χ2v) is 6.36. The maximum absolute atomic E-state index is 12.2. The van der Waals surface area contributed by atoms with E-state index in [1.165, 1.54) is 0 Å². The standard InChI is InChI=1S/C19H14BrN3O2/c1-12-17(23-19(25-12)14-3-2-4-15(20)9-14)10-18(24)22-16-7-5-13(11-21)6-8-16/h2-9H,10H2,1H3,(H,22,24). The average Bonchev–Trinajstić information content (AvgIpc) is 2.96. The molecule has 0 unspecified atom stereocenters. The van der Waals surface area contributed by atoms with Gasteiger partial charge in [0.15, 0.2) is 0 Å². The number of aromatic nitrogens is 1. The topological polar surface area (TPSA) is 78.9 Å². The van der Waals surface area contributed by atoms with Crippen molar-refractivity contribution in [3.63, 3.8) is 0 Å². The number of nitrogens with zero attached hydrogens (tertiary/aromatic N) is 2. The van der Waals surface area contributed by atoms with Crippen LogP contribution in [0.5, 0.6) is 0 Å². The summed E-state index contributed by atoms with van der Waals surface area (Å²) in [4.78, 5) is 16.7. The lowest BCUT2D eigenvalue weighted by Crippen LogP contribution is -2.15. The summed E-state index contributed by atoms with van der Waals surface area (Å²) in [6, 6.07) is 16.4. The number of hydrogen-bond donors (Lipinski definition) is 1. The van der Waals surface area contributed by atoms with E-state index < -0.39 is 0 Å². The van der Waals surface area contributed by atoms with Crippen molar-refractivity contribution in [2.24, 2.45) is 0 Å². The summed E-state index contributed by atoms with van der Waals surface area (Å²) in [6.07, 6.45) is 0.114. The number of carbonyl (C=O) groups excluding carboxylic acids is 1. The molecule has 0 atom stereocenters. The molecule has 3 rings (SSSR count). The van der Waals surface area contributed by atoms with E-state index in [1.54, 1.807) is 31.2 Å². The van der Waals surface area contributed by atoms with Crippen LogP contribution in [0.15, 0.2) is 57.4 Å². The van der Waals surface area contributed by atoms with Gasteiger partial charge in [0, 0.05) is 15.7 Å². The van der Waals surface area contributed by atoms with Crippen LogP contribution in [0, 0.1) is 18.3 Å². The van der Waals surface area contributed by atoms with Crippen molar-refractivity contribution < 1.29 is 9.21 Å². The van der Waals surface area contributed by atoms with E-state index in [4.69, 9.17) is 9.68 Å². The number of hydrogen-bond acceptors (Lipinski definition) is 4. The number of anilines is 1. The van der Waals surface area contributed by atoms with E-state index in [1.807, 2.05) is 30.3 Å². The SMILES string of the molecule is Cc1oc(-c2cccc(Br)c2)nc1CC(=O)Nc1ccc(C#N)cc1. The molecule has 1 aromatic heterocycles. The lowest BCUT2D eigenvalue weighted by atomic mass is 10.2. The molecule has 3 aromatic rings. The Morgan fingerprint density at radius 1 is 1.28 bits per heavy atom. The summed E-state index contributed by atoms with van der Waals surface area (Å²) >= 11 is 3.42. The van der Waals surface area contributed by atoms with E-state index in [0.29, 0.717) is 28.6 Å². The molecule has 25 heavy (non-hydrogen) atoms. The number of halogens is 1. The van der Waals surface area contributed by atoms with Crippen LogP contribution >= 0.6 is 15.9 Å². The Hall–Kier alpha value is -2.91. The average molecular weight is 396 g/mol. The van der Waals surface area contributed by atoms with Crippen LogP contribution in [0.3, 0.4) is 0 Å². The summed E-state index contributed by atoms with van der Waals surface area (Å²) < 4.78 is 6.62. The van der Waals surface area contributed by atoms with Crippen LogP contribution in [-0.4, -0.2) is 10.9 Å². The molecule has 0 aliphatic heterocycles. The van der Waals surface area contributed by atoms with Crippen molar-refractivity contribution in [2.45, 2.75) is 13.3 Å². The minimum absolute atomic E-state index is 0.114. The number of rotatable bonds is 4. The first-order valence-corrected chi connectivity index (χ1v) is 8.37. The third-order valence-electron chi connectivity index (χ3n) is 3.59. The molecule has 0 bridgehead atoms. The zero-order chi connectivity index (χ0) is 17.8. The lowest BCUT2D eigenvalue weighted by Gasteiger charge is -2.04. The van der Waals surface area contributed by atoms with E-state index in [-0.39, 0.29) is 12.3 Å². The first-order chi connectivity index (χ1) is 12.0. The predicted octanol–water partition coefficient (Wildman–Crippen LogP) is 4.47. The van der Waals surface area contributed by atoms with E-state index in [9.17, 15) is 4.79 Å². The quantitative estimate of drug-likeness (QED) is 0.706. The van der Waals surface area contributed by atoms with Gasteiger partial charge in [-0.15, -0.1) is 0 Å². The van der Waals surface area contributed by atoms with E-state index in [0.717, 1.165) is 10.0 Å². The monoisotopic (exact) mass is 395 g/mol. The van der Waals surface area contributed by atoms with Gasteiger partial charge in [0.2, 0.25) is 11.8 Å². The number of carbonyl (C=O) groups is 1. The lowest BCUT2D eigenvalue weighted by molar-refractivity contribution is -0.115. The molecule has 0 saturated carbocycles. The van der Waals surface area contributed by atoms with Gasteiger partial charge in [-0.25, -0.2) is 4.98 Å². The minimum Gasteiger partial charge on any atom is -0.441 e. The van der Waals surface area contributed by atoms with Crippen LogP contribution in [0.4, 0.5) is 5.69 Å². The third-order valence-corrected chi connectivity index (χ3v) is 4.08. The van der Waals surface area contributed by atoms with Crippen molar-refractivity contribution >= 4 is 27.5 Å². The predicted molar refractivity (Wildman–Crippen MR) is 97.9 cm³/mol. The summed E-state index contributed by atoms with van der Waals surface area (Å²) in [7, 11) is 0. The van der Waals surface area contributed by atoms with Crippen molar-refractivity contribution in [2.75, 3.05) is 5.32 Å². The number of nitriles is 1. The summed E-state index contributed by atoms with van der Waals surface area (Å²) in [5.74, 6) is 0.909. The normalized spacial score (nSPS) is 10.3. The number of aryl methyl sites for hydroxylation is 1. The second-order valence-electron chi connectivity index (χ2n) is 5.45. The van der Waals surface area contributed by atoms with Crippen LogP contribution in [-0.2, 0) is 11.2 Å². The number of oxazole rings is 1. The Balaban J connectivity index is 1.72. The van der Waals surface area contributed by atoms with Crippen LogP contribution in [0.25, 0.3) is 11.5 Å². The Labute approximate surface area is 153 Å². The number of benzene rings is 2. The Bertz CT molecular complexity index is 956. The fourth-order valence-corrected chi connectivity index (χ4v) is 2.72.